The standard InChI is InChI=1S/C19H25N7O4S2/c1-3-4-7-26-15(20)14(17(28)22-19(26)29)25(8-9-30-2)13(27)11-32-18-21-16(23-24-18)12-6-5-10-31-12/h5-6,10H,3-4,7-9,11,20H2,1-2H3,(H,21,23,24)(H,22,28,29). The molecular formula is C19H25N7O4S2. The summed E-state index contributed by atoms with van der Waals surface area (Å²) in [6.07, 6.45) is 1.54. The molecule has 3 aromatic heterocycles. The van der Waals surface area contributed by atoms with Crippen molar-refractivity contribution in [3.63, 3.8) is 0 Å². The molecule has 0 aromatic carbocycles. The number of carbonyl (C=O) groups excluding carboxylic acids is 1. The second-order valence-corrected chi connectivity index (χ2v) is 8.66. The van der Waals surface area contributed by atoms with E-state index in [0.29, 0.717) is 23.9 Å². The van der Waals surface area contributed by atoms with Gasteiger partial charge in [0.2, 0.25) is 11.1 Å². The minimum absolute atomic E-state index is 0.0294. The van der Waals surface area contributed by atoms with E-state index in [0.717, 1.165) is 23.1 Å². The second kappa shape index (κ2) is 11.1. The van der Waals surface area contributed by atoms with Crippen LogP contribution in [0.25, 0.3) is 10.7 Å². The molecule has 11 nitrogen and oxygen atoms in total. The smallest absolute Gasteiger partial charge is 0.330 e. The van der Waals surface area contributed by atoms with Crippen LogP contribution in [0.1, 0.15) is 19.8 Å². The molecule has 0 bridgehead atoms. The number of hydrogen-bond donors (Lipinski definition) is 3. The molecule has 172 valence electrons. The number of ether oxygens (including phenoxy) is 1. The number of thioether (sulfide) groups is 1. The van der Waals surface area contributed by atoms with Gasteiger partial charge in [0, 0.05) is 20.2 Å². The summed E-state index contributed by atoms with van der Waals surface area (Å²) in [5.41, 5.74) is 4.80. The Hall–Kier alpha value is -2.90. The topological polar surface area (TPSA) is 152 Å². The second-order valence-electron chi connectivity index (χ2n) is 6.77. The van der Waals surface area contributed by atoms with Crippen LogP contribution in [0, 0.1) is 0 Å². The molecule has 0 saturated carbocycles. The van der Waals surface area contributed by atoms with Crippen LogP contribution in [-0.4, -0.2) is 56.7 Å². The Bertz CT molecular complexity index is 1150. The maximum atomic E-state index is 13.1. The van der Waals surface area contributed by atoms with Gasteiger partial charge in [0.15, 0.2) is 11.5 Å². The number of unbranched alkanes of at least 4 members (excludes halogenated alkanes) is 1. The maximum Gasteiger partial charge on any atom is 0.330 e. The van der Waals surface area contributed by atoms with Crippen molar-refractivity contribution in [2.45, 2.75) is 31.5 Å². The van der Waals surface area contributed by atoms with Gasteiger partial charge in [0.25, 0.3) is 5.56 Å². The number of anilines is 2. The van der Waals surface area contributed by atoms with E-state index in [-0.39, 0.29) is 36.3 Å². The number of aromatic nitrogens is 5. The van der Waals surface area contributed by atoms with Crippen LogP contribution in [-0.2, 0) is 16.1 Å². The van der Waals surface area contributed by atoms with Crippen LogP contribution in [0.2, 0.25) is 0 Å². The summed E-state index contributed by atoms with van der Waals surface area (Å²) in [4.78, 5) is 46.7. The van der Waals surface area contributed by atoms with Crippen molar-refractivity contribution in [1.82, 2.24) is 24.7 Å². The predicted molar refractivity (Wildman–Crippen MR) is 125 cm³/mol. The van der Waals surface area contributed by atoms with Crippen molar-refractivity contribution in [2.75, 3.05) is 36.6 Å². The fourth-order valence-corrected chi connectivity index (χ4v) is 4.30. The zero-order valence-electron chi connectivity index (χ0n) is 17.8. The third kappa shape index (κ3) is 5.47. The molecule has 0 fully saturated rings. The van der Waals surface area contributed by atoms with Gasteiger partial charge >= 0.3 is 5.69 Å². The van der Waals surface area contributed by atoms with Gasteiger partial charge in [-0.25, -0.2) is 9.78 Å². The largest absolute Gasteiger partial charge is 0.383 e. The summed E-state index contributed by atoms with van der Waals surface area (Å²) in [5, 5.41) is 9.32. The lowest BCUT2D eigenvalue weighted by Crippen LogP contribution is -2.43. The molecule has 1 amide bonds. The number of H-pyrrole nitrogens is 2. The van der Waals surface area contributed by atoms with Crippen LogP contribution in [0.4, 0.5) is 11.5 Å². The average Bonchev–Trinajstić information content (AvgIpc) is 3.46. The van der Waals surface area contributed by atoms with Gasteiger partial charge in [-0.3, -0.25) is 24.2 Å². The fourth-order valence-electron chi connectivity index (χ4n) is 2.96. The Kier molecular flexibility index (Phi) is 8.25. The molecule has 3 heterocycles. The molecule has 0 aliphatic rings. The van der Waals surface area contributed by atoms with E-state index in [1.807, 2.05) is 24.4 Å². The van der Waals surface area contributed by atoms with Gasteiger partial charge in [0.1, 0.15) is 5.82 Å². The summed E-state index contributed by atoms with van der Waals surface area (Å²) >= 11 is 2.66. The zero-order valence-corrected chi connectivity index (χ0v) is 19.4. The molecule has 32 heavy (non-hydrogen) atoms. The van der Waals surface area contributed by atoms with Crippen molar-refractivity contribution in [3.8, 4) is 10.7 Å². The van der Waals surface area contributed by atoms with E-state index in [1.165, 1.54) is 27.9 Å². The first kappa shape index (κ1) is 23.8. The van der Waals surface area contributed by atoms with Crippen LogP contribution in [0.3, 0.4) is 0 Å². The van der Waals surface area contributed by atoms with E-state index < -0.39 is 11.2 Å². The van der Waals surface area contributed by atoms with Crippen LogP contribution in [0.5, 0.6) is 0 Å². The van der Waals surface area contributed by atoms with E-state index >= 15 is 0 Å². The number of methoxy groups -OCH3 is 1. The number of nitrogens with zero attached hydrogens (tertiary/aromatic N) is 4. The molecule has 0 unspecified atom stereocenters. The van der Waals surface area contributed by atoms with Crippen molar-refractivity contribution in [2.24, 2.45) is 0 Å². The number of hydrogen-bond acceptors (Lipinski definition) is 9. The average molecular weight is 480 g/mol. The van der Waals surface area contributed by atoms with E-state index in [4.69, 9.17) is 10.5 Å². The molecule has 4 N–H and O–H groups in total. The summed E-state index contributed by atoms with van der Waals surface area (Å²) < 4.78 is 6.38. The summed E-state index contributed by atoms with van der Waals surface area (Å²) in [6, 6.07) is 3.83. The summed E-state index contributed by atoms with van der Waals surface area (Å²) in [5.74, 6) is 0.167. The van der Waals surface area contributed by atoms with Crippen molar-refractivity contribution >= 4 is 40.5 Å². The molecule has 0 saturated heterocycles. The third-order valence-electron chi connectivity index (χ3n) is 4.58. The monoisotopic (exact) mass is 479 g/mol. The van der Waals surface area contributed by atoms with Crippen LogP contribution >= 0.6 is 23.1 Å². The SMILES string of the molecule is CCCCn1c(N)c(N(CCOC)C(=O)CSc2n[nH]c(-c3cccs3)n2)c(=O)[nH]c1=O. The zero-order chi connectivity index (χ0) is 23.1. The Balaban J connectivity index is 1.82. The lowest BCUT2D eigenvalue weighted by atomic mass is 10.3. The van der Waals surface area contributed by atoms with Crippen LogP contribution in [0.15, 0.2) is 32.3 Å². The highest BCUT2D eigenvalue weighted by Crippen LogP contribution is 2.24. The fraction of sp³-hybridized carbons (Fsp3) is 0.421. The van der Waals surface area contributed by atoms with Crippen molar-refractivity contribution in [1.29, 1.82) is 0 Å². The number of thiophene rings is 1. The highest BCUT2D eigenvalue weighted by atomic mass is 32.2. The highest BCUT2D eigenvalue weighted by molar-refractivity contribution is 7.99. The van der Waals surface area contributed by atoms with Crippen molar-refractivity contribution < 1.29 is 9.53 Å². The molecule has 3 rings (SSSR count). The number of amides is 1. The third-order valence-corrected chi connectivity index (χ3v) is 6.29. The molecule has 3 aromatic rings. The first-order valence-corrected chi connectivity index (χ1v) is 11.8. The Morgan fingerprint density at radius 3 is 2.91 bits per heavy atom. The normalized spacial score (nSPS) is 11.1. The minimum Gasteiger partial charge on any atom is -0.383 e. The molecule has 13 heteroatoms. The number of nitrogens with two attached hydrogens (primary N) is 1. The van der Waals surface area contributed by atoms with Gasteiger partial charge in [-0.1, -0.05) is 31.2 Å². The summed E-state index contributed by atoms with van der Waals surface area (Å²) in [6.45, 7) is 2.61. The number of nitrogen functional groups attached to an aromatic ring is 1. The quantitative estimate of drug-likeness (QED) is 0.350. The summed E-state index contributed by atoms with van der Waals surface area (Å²) in [7, 11) is 1.49. The molecular weight excluding hydrogens is 454 g/mol. The van der Waals surface area contributed by atoms with E-state index in [9.17, 15) is 14.4 Å². The van der Waals surface area contributed by atoms with Gasteiger partial charge < -0.3 is 15.4 Å². The Morgan fingerprint density at radius 2 is 2.22 bits per heavy atom. The highest BCUT2D eigenvalue weighted by Gasteiger charge is 2.24. The van der Waals surface area contributed by atoms with Gasteiger partial charge in [-0.2, -0.15) is 0 Å². The first-order valence-electron chi connectivity index (χ1n) is 9.97. The first-order chi connectivity index (χ1) is 15.5. The molecule has 0 aliphatic heterocycles. The van der Waals surface area contributed by atoms with E-state index in [2.05, 4.69) is 20.2 Å². The molecule has 0 aliphatic carbocycles. The van der Waals surface area contributed by atoms with Gasteiger partial charge in [0.05, 0.1) is 17.2 Å². The lowest BCUT2D eigenvalue weighted by molar-refractivity contribution is -0.116. The number of nitrogens with one attached hydrogen (secondary N) is 2. The molecule has 0 atom stereocenters. The molecule has 0 radical (unpaired) electrons. The van der Waals surface area contributed by atoms with Gasteiger partial charge in [-0.05, 0) is 17.9 Å². The van der Waals surface area contributed by atoms with Crippen molar-refractivity contribution in [3.05, 3.63) is 38.4 Å². The Labute approximate surface area is 192 Å². The maximum absolute atomic E-state index is 13.1. The number of carbonyl (C=O) groups is 1. The van der Waals surface area contributed by atoms with Gasteiger partial charge in [-0.15, -0.1) is 16.4 Å². The lowest BCUT2D eigenvalue weighted by Gasteiger charge is -2.24. The number of rotatable bonds is 11. The molecule has 0 spiro atoms. The Morgan fingerprint density at radius 1 is 1.41 bits per heavy atom. The number of aromatic amines is 2. The van der Waals surface area contributed by atoms with Crippen LogP contribution < -0.4 is 21.9 Å². The van der Waals surface area contributed by atoms with E-state index in [1.54, 1.807) is 0 Å². The minimum atomic E-state index is -0.715. The predicted octanol–water partition coefficient (Wildman–Crippen LogP) is 1.54.